The van der Waals surface area contributed by atoms with Crippen molar-refractivity contribution in [3.05, 3.63) is 5.82 Å². The van der Waals surface area contributed by atoms with Crippen molar-refractivity contribution in [3.8, 4) is 0 Å². The average Bonchev–Trinajstić information content (AvgIpc) is 3.24. The number of halogens is 3. The van der Waals surface area contributed by atoms with Crippen molar-refractivity contribution < 1.29 is 32.6 Å². The van der Waals surface area contributed by atoms with Crippen LogP contribution in [-0.4, -0.2) is 63.0 Å². The van der Waals surface area contributed by atoms with Crippen molar-refractivity contribution in [3.63, 3.8) is 0 Å². The van der Waals surface area contributed by atoms with Crippen LogP contribution in [0.2, 0.25) is 0 Å². The maximum atomic E-state index is 12.3. The topological polar surface area (TPSA) is 130 Å². The molecule has 0 radical (unpaired) electrons. The number of rotatable bonds is 7. The Kier molecular flexibility index (Phi) is 9.85. The summed E-state index contributed by atoms with van der Waals surface area (Å²) in [7, 11) is 0. The summed E-state index contributed by atoms with van der Waals surface area (Å²) in [5.74, 6) is 0.596. The Morgan fingerprint density at radius 3 is 2.53 bits per heavy atom. The van der Waals surface area contributed by atoms with E-state index in [-0.39, 0.29) is 12.0 Å². The summed E-state index contributed by atoms with van der Waals surface area (Å²) in [4.78, 5) is 21.2. The van der Waals surface area contributed by atoms with Crippen molar-refractivity contribution >= 4 is 11.9 Å². The molecule has 1 aliphatic carbocycles. The van der Waals surface area contributed by atoms with E-state index in [0.29, 0.717) is 30.3 Å². The minimum absolute atomic E-state index is 0.0620. The molecule has 2 heterocycles. The fraction of sp³-hybridized carbons (Fsp3) is 0.850. The van der Waals surface area contributed by atoms with E-state index >= 15 is 0 Å². The largest absolute Gasteiger partial charge is 0.490 e. The normalized spacial score (nSPS) is 25.4. The number of nitrogens with one attached hydrogen (secondary N) is 2. The zero-order valence-electron chi connectivity index (χ0n) is 18.4. The molecule has 0 amide bonds. The molecule has 0 unspecified atom stereocenters. The molecule has 0 bridgehead atoms. The van der Waals surface area contributed by atoms with Crippen molar-refractivity contribution in [2.45, 2.75) is 71.0 Å². The van der Waals surface area contributed by atoms with Crippen LogP contribution in [0.3, 0.4) is 0 Å². The molecule has 3 N–H and O–H groups in total. The number of esters is 1. The summed E-state index contributed by atoms with van der Waals surface area (Å²) in [6.07, 6.45) is 2.50. The van der Waals surface area contributed by atoms with E-state index in [9.17, 15) is 18.0 Å². The summed E-state index contributed by atoms with van der Waals surface area (Å²) in [6, 6.07) is -0.121. The molecule has 1 aliphatic heterocycles. The van der Waals surface area contributed by atoms with Gasteiger partial charge < -0.3 is 15.2 Å². The van der Waals surface area contributed by atoms with E-state index in [2.05, 4.69) is 39.8 Å². The molecular formula is C20H32F3N5O4. The monoisotopic (exact) mass is 463 g/mol. The molecule has 9 nitrogen and oxygen atoms in total. The van der Waals surface area contributed by atoms with Gasteiger partial charge in [-0.3, -0.25) is 4.79 Å². The number of carbonyl (C=O) groups excluding carboxylic acids is 1. The van der Waals surface area contributed by atoms with Gasteiger partial charge in [-0.1, -0.05) is 25.5 Å². The van der Waals surface area contributed by atoms with Gasteiger partial charge in [-0.15, -0.1) is 10.2 Å². The first-order valence-electron chi connectivity index (χ1n) is 11.0. The molecule has 0 aromatic carbocycles. The number of H-pyrrole nitrogens is 1. The molecule has 32 heavy (non-hydrogen) atoms. The van der Waals surface area contributed by atoms with E-state index in [1.165, 1.54) is 19.3 Å². The Balaban J connectivity index is 0.000000451. The fourth-order valence-electron chi connectivity index (χ4n) is 4.22. The van der Waals surface area contributed by atoms with Gasteiger partial charge in [-0.25, -0.2) is 4.79 Å². The molecule has 12 heteroatoms. The van der Waals surface area contributed by atoms with Crippen LogP contribution in [-0.2, 0) is 20.7 Å². The predicted molar refractivity (Wildman–Crippen MR) is 107 cm³/mol. The number of hydrogen-bond acceptors (Lipinski definition) is 7. The highest BCUT2D eigenvalue weighted by atomic mass is 19.4. The van der Waals surface area contributed by atoms with Gasteiger partial charge in [0.1, 0.15) is 6.04 Å². The van der Waals surface area contributed by atoms with Crippen LogP contribution < -0.4 is 5.32 Å². The van der Waals surface area contributed by atoms with Crippen molar-refractivity contribution in [2.24, 2.45) is 23.7 Å². The zero-order chi connectivity index (χ0) is 23.7. The smallest absolute Gasteiger partial charge is 0.475 e. The number of aromatic amines is 1. The Bertz CT molecular complexity index is 715. The number of nitrogens with zero attached hydrogens (tertiary/aromatic N) is 3. The van der Waals surface area contributed by atoms with Gasteiger partial charge in [-0.05, 0) is 62.3 Å². The lowest BCUT2D eigenvalue weighted by atomic mass is 9.69. The lowest BCUT2D eigenvalue weighted by Crippen LogP contribution is -2.50. The Morgan fingerprint density at radius 1 is 1.22 bits per heavy atom. The molecule has 1 aromatic heterocycles. The van der Waals surface area contributed by atoms with Gasteiger partial charge in [0, 0.05) is 6.42 Å². The van der Waals surface area contributed by atoms with Crippen LogP contribution in [0.4, 0.5) is 13.2 Å². The first-order valence-corrected chi connectivity index (χ1v) is 11.0. The molecule has 4 atom stereocenters. The molecule has 3 rings (SSSR count). The van der Waals surface area contributed by atoms with Gasteiger partial charge in [-0.2, -0.15) is 18.4 Å². The summed E-state index contributed by atoms with van der Waals surface area (Å²) in [6.45, 7) is 5.78. The van der Waals surface area contributed by atoms with Crippen LogP contribution in [0.25, 0.3) is 0 Å². The van der Waals surface area contributed by atoms with Gasteiger partial charge in [0.05, 0.1) is 6.61 Å². The number of hydrogen-bond donors (Lipinski definition) is 3. The second-order valence-electron chi connectivity index (χ2n) is 8.92. The summed E-state index contributed by atoms with van der Waals surface area (Å²) in [5, 5.41) is 24.8. The third kappa shape index (κ3) is 8.71. The third-order valence-electron chi connectivity index (χ3n) is 6.05. The average molecular weight is 464 g/mol. The number of carboxylic acid groups (broad SMARTS) is 1. The first kappa shape index (κ1) is 26.0. The van der Waals surface area contributed by atoms with E-state index in [1.807, 2.05) is 0 Å². The Morgan fingerprint density at radius 2 is 1.94 bits per heavy atom. The highest BCUT2D eigenvalue weighted by molar-refractivity contribution is 5.76. The maximum absolute atomic E-state index is 12.3. The molecule has 1 saturated carbocycles. The number of tetrazole rings is 1. The van der Waals surface area contributed by atoms with Crippen molar-refractivity contribution in [1.29, 1.82) is 0 Å². The van der Waals surface area contributed by atoms with Crippen molar-refractivity contribution in [1.82, 2.24) is 25.9 Å². The van der Waals surface area contributed by atoms with Crippen LogP contribution >= 0.6 is 0 Å². The summed E-state index contributed by atoms with van der Waals surface area (Å²) < 4.78 is 37.2. The minimum Gasteiger partial charge on any atom is -0.475 e. The lowest BCUT2D eigenvalue weighted by Gasteiger charge is -2.42. The number of carboxylic acids is 1. The number of fused-ring (bicyclic) bond motifs is 1. The van der Waals surface area contributed by atoms with Crippen LogP contribution in [0.5, 0.6) is 0 Å². The number of carbonyl (C=O) groups is 2. The van der Waals surface area contributed by atoms with E-state index in [1.54, 1.807) is 0 Å². The molecule has 2 fully saturated rings. The predicted octanol–water partition coefficient (Wildman–Crippen LogP) is 2.75. The maximum Gasteiger partial charge on any atom is 0.490 e. The summed E-state index contributed by atoms with van der Waals surface area (Å²) in [5.41, 5.74) is 0. The second-order valence-corrected chi connectivity index (χ2v) is 8.92. The molecular weight excluding hydrogens is 431 g/mol. The highest BCUT2D eigenvalue weighted by Crippen LogP contribution is 2.40. The van der Waals surface area contributed by atoms with E-state index in [4.69, 9.17) is 14.6 Å². The molecule has 1 saturated heterocycles. The fourth-order valence-corrected chi connectivity index (χ4v) is 4.22. The van der Waals surface area contributed by atoms with Gasteiger partial charge in [0.2, 0.25) is 0 Å². The van der Waals surface area contributed by atoms with Crippen LogP contribution in [0, 0.1) is 23.7 Å². The number of ether oxygens (including phenoxy) is 1. The Hall–Kier alpha value is -2.24. The van der Waals surface area contributed by atoms with Crippen LogP contribution in [0.1, 0.15) is 58.2 Å². The quantitative estimate of drug-likeness (QED) is 0.526. The molecule has 1 aromatic rings. The number of aromatic nitrogens is 4. The number of alkyl halides is 3. The second kappa shape index (κ2) is 12.1. The van der Waals surface area contributed by atoms with Gasteiger partial charge >= 0.3 is 18.1 Å². The molecule has 0 spiro atoms. The lowest BCUT2D eigenvalue weighted by molar-refractivity contribution is -0.192. The van der Waals surface area contributed by atoms with E-state index < -0.39 is 12.1 Å². The minimum atomic E-state index is -5.08. The Labute approximate surface area is 184 Å². The number of aryl methyl sites for hydroxylation is 1. The number of piperidine rings is 1. The first-order chi connectivity index (χ1) is 15.1. The third-order valence-corrected chi connectivity index (χ3v) is 6.05. The van der Waals surface area contributed by atoms with Gasteiger partial charge in [0.25, 0.3) is 0 Å². The van der Waals surface area contributed by atoms with Crippen LogP contribution in [0.15, 0.2) is 0 Å². The zero-order valence-corrected chi connectivity index (χ0v) is 18.4. The standard InChI is InChI=1S/C18H31N5O2.C2HF3O2/c1-12(2)7-8-25-18(24)16-10-15-9-13(3-5-14(15)11-19-16)4-6-17-20-22-23-21-17;3-2(4,5)1(6)7/h12-16,19H,3-11H2,1-2H3,(H,20,21,22,23);(H,6,7)/t13-,14+,15-,16+;/m1./s1. The van der Waals surface area contributed by atoms with E-state index in [0.717, 1.165) is 38.1 Å². The SMILES string of the molecule is CC(C)CCOC(=O)[C@@H]1C[C@H]2C[C@@H](CCc3nn[nH]n3)CC[C@H]2CN1.O=C(O)C(F)(F)F. The highest BCUT2D eigenvalue weighted by Gasteiger charge is 2.39. The molecule has 182 valence electrons. The summed E-state index contributed by atoms with van der Waals surface area (Å²) >= 11 is 0. The van der Waals surface area contributed by atoms with Gasteiger partial charge in [0.15, 0.2) is 5.82 Å². The number of aliphatic carboxylic acids is 1. The van der Waals surface area contributed by atoms with Crippen molar-refractivity contribution in [2.75, 3.05) is 13.2 Å². The molecule has 2 aliphatic rings.